The molecule has 8 heteroatoms. The number of aliphatic carboxylic acids is 1. The molecule has 0 atom stereocenters. The van der Waals surface area contributed by atoms with E-state index in [1.54, 1.807) is 13.8 Å². The highest BCUT2D eigenvalue weighted by Crippen LogP contribution is 2.44. The molecule has 0 saturated heterocycles. The Bertz CT molecular complexity index is 649. The van der Waals surface area contributed by atoms with Gasteiger partial charge in [-0.1, -0.05) is 18.6 Å². The lowest BCUT2D eigenvalue weighted by Crippen LogP contribution is -2.47. The number of carbonyl (C=O) groups is 2. The molecule has 0 aromatic heterocycles. The number of benzene rings is 1. The number of carboxylic acid groups (broad SMARTS) is 1. The minimum absolute atomic E-state index is 0.110. The molecule has 0 aliphatic heterocycles. The zero-order chi connectivity index (χ0) is 18.9. The molecule has 1 amide bonds. The average molecular weight is 359 g/mol. The van der Waals surface area contributed by atoms with E-state index in [0.29, 0.717) is 18.4 Å². The minimum atomic E-state index is -4.76. The maximum Gasteiger partial charge on any atom is 0.573 e. The Labute approximate surface area is 143 Å². The summed E-state index contributed by atoms with van der Waals surface area (Å²) in [6.45, 7) is 3.39. The van der Waals surface area contributed by atoms with E-state index in [0.717, 1.165) is 6.42 Å². The summed E-state index contributed by atoms with van der Waals surface area (Å²) < 4.78 is 40.4. The van der Waals surface area contributed by atoms with Crippen LogP contribution in [0, 0.1) is 5.41 Å². The molecule has 1 aromatic carbocycles. The van der Waals surface area contributed by atoms with Crippen LogP contribution in [0.2, 0.25) is 0 Å². The number of halogens is 3. The predicted molar refractivity (Wildman–Crippen MR) is 82.8 cm³/mol. The van der Waals surface area contributed by atoms with Gasteiger partial charge in [-0.2, -0.15) is 0 Å². The monoisotopic (exact) mass is 359 g/mol. The molecular weight excluding hydrogens is 339 g/mol. The first-order valence-corrected chi connectivity index (χ1v) is 7.84. The fourth-order valence-electron chi connectivity index (χ4n) is 2.92. The van der Waals surface area contributed by atoms with Crippen LogP contribution in [0.4, 0.5) is 13.2 Å². The van der Waals surface area contributed by atoms with Crippen molar-refractivity contribution in [3.8, 4) is 5.75 Å². The quantitative estimate of drug-likeness (QED) is 0.814. The molecule has 0 bridgehead atoms. The molecular formula is C17H20F3NO4. The van der Waals surface area contributed by atoms with Crippen LogP contribution in [-0.4, -0.2) is 23.3 Å². The smallest absolute Gasteiger partial charge is 0.481 e. The zero-order valence-corrected chi connectivity index (χ0v) is 13.9. The van der Waals surface area contributed by atoms with Gasteiger partial charge in [0.05, 0.1) is 11.0 Å². The van der Waals surface area contributed by atoms with Crippen LogP contribution in [-0.2, 0) is 15.1 Å². The highest BCUT2D eigenvalue weighted by atomic mass is 19.4. The molecule has 0 heterocycles. The lowest BCUT2D eigenvalue weighted by atomic mass is 9.66. The number of rotatable bonds is 6. The van der Waals surface area contributed by atoms with Gasteiger partial charge < -0.3 is 15.2 Å². The van der Waals surface area contributed by atoms with Crippen LogP contribution in [0.5, 0.6) is 5.75 Å². The fraction of sp³-hybridized carbons (Fsp3) is 0.529. The Balaban J connectivity index is 2.03. The summed E-state index contributed by atoms with van der Waals surface area (Å²) in [5, 5.41) is 12.0. The minimum Gasteiger partial charge on any atom is -0.481 e. The Morgan fingerprint density at radius 1 is 1.20 bits per heavy atom. The van der Waals surface area contributed by atoms with Gasteiger partial charge in [0.25, 0.3) is 0 Å². The number of nitrogens with one attached hydrogen (secondary N) is 1. The highest BCUT2D eigenvalue weighted by Gasteiger charge is 2.46. The Morgan fingerprint density at radius 2 is 1.76 bits per heavy atom. The van der Waals surface area contributed by atoms with Gasteiger partial charge in [-0.25, -0.2) is 0 Å². The van der Waals surface area contributed by atoms with Crippen LogP contribution in [0.1, 0.15) is 45.1 Å². The molecule has 5 nitrogen and oxygen atoms in total. The summed E-state index contributed by atoms with van der Waals surface area (Å²) in [6, 6.07) is 5.19. The molecule has 0 spiro atoms. The van der Waals surface area contributed by atoms with Gasteiger partial charge >= 0.3 is 12.3 Å². The maximum atomic E-state index is 12.3. The fourth-order valence-corrected chi connectivity index (χ4v) is 2.92. The summed E-state index contributed by atoms with van der Waals surface area (Å²) >= 11 is 0. The van der Waals surface area contributed by atoms with Gasteiger partial charge in [-0.05, 0) is 44.4 Å². The zero-order valence-electron chi connectivity index (χ0n) is 13.9. The number of hydrogen-bond acceptors (Lipinski definition) is 3. The van der Waals surface area contributed by atoms with E-state index in [-0.39, 0.29) is 12.2 Å². The van der Waals surface area contributed by atoms with E-state index in [2.05, 4.69) is 10.1 Å². The van der Waals surface area contributed by atoms with Crippen LogP contribution >= 0.6 is 0 Å². The van der Waals surface area contributed by atoms with Crippen molar-refractivity contribution in [3.63, 3.8) is 0 Å². The lowest BCUT2D eigenvalue weighted by Gasteiger charge is -2.38. The second kappa shape index (κ2) is 6.57. The van der Waals surface area contributed by atoms with E-state index in [1.165, 1.54) is 24.3 Å². The van der Waals surface area contributed by atoms with E-state index in [1.807, 2.05) is 0 Å². The van der Waals surface area contributed by atoms with Crippen molar-refractivity contribution >= 4 is 11.9 Å². The Kier molecular flexibility index (Phi) is 5.02. The van der Waals surface area contributed by atoms with Gasteiger partial charge in [0.1, 0.15) is 5.75 Å². The van der Waals surface area contributed by atoms with Crippen LogP contribution < -0.4 is 10.1 Å². The average Bonchev–Trinajstić information content (AvgIpc) is 2.40. The number of amides is 1. The highest BCUT2D eigenvalue weighted by molar-refractivity contribution is 5.86. The summed E-state index contributed by atoms with van der Waals surface area (Å²) in [5.41, 5.74) is -1.28. The molecule has 1 fully saturated rings. The van der Waals surface area contributed by atoms with Gasteiger partial charge in [-0.3, -0.25) is 9.59 Å². The van der Waals surface area contributed by atoms with E-state index >= 15 is 0 Å². The summed E-state index contributed by atoms with van der Waals surface area (Å²) in [4.78, 5) is 23.6. The van der Waals surface area contributed by atoms with Crippen molar-refractivity contribution in [2.75, 3.05) is 0 Å². The molecule has 0 unspecified atom stereocenters. The SMILES string of the molecule is CC(C)(NC(=O)CC1(C(=O)O)CCC1)c1ccc(OC(F)(F)F)cc1. The maximum absolute atomic E-state index is 12.3. The van der Waals surface area contributed by atoms with Crippen LogP contribution in [0.25, 0.3) is 0 Å². The molecule has 25 heavy (non-hydrogen) atoms. The van der Waals surface area contributed by atoms with Crippen LogP contribution in [0.3, 0.4) is 0 Å². The number of carboxylic acids is 1. The Morgan fingerprint density at radius 3 is 2.16 bits per heavy atom. The number of alkyl halides is 3. The van der Waals surface area contributed by atoms with Gasteiger partial charge in [-0.15, -0.1) is 13.2 Å². The van der Waals surface area contributed by atoms with E-state index in [4.69, 9.17) is 0 Å². The topological polar surface area (TPSA) is 75.6 Å². The number of ether oxygens (including phenoxy) is 1. The number of carbonyl (C=O) groups excluding carboxylic acids is 1. The molecule has 138 valence electrons. The molecule has 1 saturated carbocycles. The largest absolute Gasteiger partial charge is 0.573 e. The molecule has 1 aliphatic carbocycles. The number of hydrogen-bond donors (Lipinski definition) is 2. The van der Waals surface area contributed by atoms with Crippen molar-refractivity contribution in [1.29, 1.82) is 0 Å². The van der Waals surface area contributed by atoms with Crippen LogP contribution in [0.15, 0.2) is 24.3 Å². The molecule has 1 aliphatic rings. The molecule has 2 rings (SSSR count). The second-order valence-electron chi connectivity index (χ2n) is 6.86. The first kappa shape index (κ1) is 19.1. The summed E-state index contributed by atoms with van der Waals surface area (Å²) in [5.74, 6) is -1.72. The van der Waals surface area contributed by atoms with E-state index < -0.39 is 29.2 Å². The molecule has 2 N–H and O–H groups in total. The molecule has 0 radical (unpaired) electrons. The second-order valence-corrected chi connectivity index (χ2v) is 6.86. The normalized spacial score (nSPS) is 16.7. The standard InChI is InChI=1S/C17H20F3NO4/c1-15(2,11-4-6-12(7-5-11)25-17(18,19)20)21-13(22)10-16(14(23)24)8-3-9-16/h4-7H,3,8-10H2,1-2H3,(H,21,22)(H,23,24). The molecule has 1 aromatic rings. The van der Waals surface area contributed by atoms with Crippen molar-refractivity contribution in [2.24, 2.45) is 5.41 Å². The third-order valence-electron chi connectivity index (χ3n) is 4.52. The predicted octanol–water partition coefficient (Wildman–Crippen LogP) is 3.58. The van der Waals surface area contributed by atoms with Crippen molar-refractivity contribution in [3.05, 3.63) is 29.8 Å². The first-order chi connectivity index (χ1) is 11.4. The third kappa shape index (κ3) is 4.64. The van der Waals surface area contributed by atoms with Crippen molar-refractivity contribution < 1.29 is 32.6 Å². The van der Waals surface area contributed by atoms with Crippen molar-refractivity contribution in [1.82, 2.24) is 5.32 Å². The van der Waals surface area contributed by atoms with Gasteiger partial charge in [0.2, 0.25) is 5.91 Å². The Hall–Kier alpha value is -2.25. The van der Waals surface area contributed by atoms with E-state index in [9.17, 15) is 27.9 Å². The third-order valence-corrected chi connectivity index (χ3v) is 4.52. The lowest BCUT2D eigenvalue weighted by molar-refractivity contribution is -0.274. The summed E-state index contributed by atoms with van der Waals surface area (Å²) in [7, 11) is 0. The van der Waals surface area contributed by atoms with Gasteiger partial charge in [0, 0.05) is 6.42 Å². The first-order valence-electron chi connectivity index (χ1n) is 7.84. The van der Waals surface area contributed by atoms with Gasteiger partial charge in [0.15, 0.2) is 0 Å². The summed E-state index contributed by atoms with van der Waals surface area (Å²) in [6.07, 6.45) is -3.15. The van der Waals surface area contributed by atoms with Crippen molar-refractivity contribution in [2.45, 2.75) is 51.4 Å².